The monoisotopic (exact) mass is 366 g/mol. The summed E-state index contributed by atoms with van der Waals surface area (Å²) in [5, 5.41) is 0.581. The summed E-state index contributed by atoms with van der Waals surface area (Å²) in [7, 11) is 0. The van der Waals surface area contributed by atoms with Crippen molar-refractivity contribution in [1.29, 1.82) is 0 Å². The first kappa shape index (κ1) is 15.7. The van der Waals surface area contributed by atoms with Crippen LogP contribution < -0.4 is 0 Å². The van der Waals surface area contributed by atoms with Crippen LogP contribution in [0.2, 0.25) is 0 Å². The van der Waals surface area contributed by atoms with Crippen LogP contribution in [-0.2, 0) is 4.79 Å². The molecule has 4 aliphatic rings. The second kappa shape index (κ2) is 6.22. The predicted molar refractivity (Wildman–Crippen MR) is 93.9 cm³/mol. The maximum absolute atomic E-state index is 12.2. The Kier molecular flexibility index (Phi) is 4.43. The SMILES string of the molecule is C[C@H]1CC[C@H]2C(CC[C@@H]3C2CC[C@H]2C3CC[C@H]2C(=O)CBr)C1. The molecule has 2 heteroatoms. The molecule has 0 bridgehead atoms. The zero-order valence-corrected chi connectivity index (χ0v) is 15.6. The van der Waals surface area contributed by atoms with Gasteiger partial charge in [0.1, 0.15) is 5.78 Å². The summed E-state index contributed by atoms with van der Waals surface area (Å²) in [4.78, 5) is 12.2. The first-order valence-electron chi connectivity index (χ1n) is 9.77. The molecule has 0 heterocycles. The summed E-state index contributed by atoms with van der Waals surface area (Å²) in [5.74, 6) is 7.58. The van der Waals surface area contributed by atoms with E-state index >= 15 is 0 Å². The Morgan fingerprint density at radius 3 is 2.23 bits per heavy atom. The Balaban J connectivity index is 1.49. The van der Waals surface area contributed by atoms with Gasteiger partial charge in [-0.15, -0.1) is 0 Å². The number of rotatable bonds is 2. The Bertz CT molecular complexity index is 433. The molecule has 4 aliphatic carbocycles. The molecule has 22 heavy (non-hydrogen) atoms. The molecule has 0 saturated heterocycles. The number of hydrogen-bond acceptors (Lipinski definition) is 1. The van der Waals surface area contributed by atoms with Crippen LogP contribution in [0.15, 0.2) is 0 Å². The highest BCUT2D eigenvalue weighted by molar-refractivity contribution is 9.09. The molecule has 4 fully saturated rings. The summed E-state index contributed by atoms with van der Waals surface area (Å²) in [6.07, 6.45) is 12.8. The van der Waals surface area contributed by atoms with Gasteiger partial charge in [0.2, 0.25) is 0 Å². The van der Waals surface area contributed by atoms with Gasteiger partial charge >= 0.3 is 0 Å². The minimum Gasteiger partial charge on any atom is -0.298 e. The number of halogens is 1. The molecule has 3 unspecified atom stereocenters. The number of ketones is 1. The second-order valence-corrected chi connectivity index (χ2v) is 9.50. The third-order valence-electron chi connectivity index (χ3n) is 8.08. The molecule has 0 radical (unpaired) electrons. The maximum Gasteiger partial charge on any atom is 0.146 e. The average Bonchev–Trinajstić information content (AvgIpc) is 2.97. The van der Waals surface area contributed by atoms with Crippen molar-refractivity contribution in [2.45, 2.75) is 64.7 Å². The number of alkyl halides is 1. The van der Waals surface area contributed by atoms with Gasteiger partial charge in [-0.3, -0.25) is 4.79 Å². The molecule has 0 aromatic carbocycles. The quantitative estimate of drug-likeness (QED) is 0.592. The van der Waals surface area contributed by atoms with Crippen LogP contribution in [0.1, 0.15) is 64.7 Å². The largest absolute Gasteiger partial charge is 0.298 e. The van der Waals surface area contributed by atoms with Crippen LogP contribution in [0, 0.1) is 47.3 Å². The lowest BCUT2D eigenvalue weighted by atomic mass is 9.52. The third-order valence-corrected chi connectivity index (χ3v) is 8.63. The molecule has 0 aliphatic heterocycles. The summed E-state index contributed by atoms with van der Waals surface area (Å²) < 4.78 is 0. The van der Waals surface area contributed by atoms with Gasteiger partial charge in [0.05, 0.1) is 5.33 Å². The molecule has 8 atom stereocenters. The van der Waals surface area contributed by atoms with Crippen molar-refractivity contribution in [3.8, 4) is 0 Å². The lowest BCUT2D eigenvalue weighted by Gasteiger charge is -2.53. The standard InChI is InChI=1S/C20H31BrO/c1-12-2-4-14-13(10-12)3-5-16-15(14)6-7-18-17(16)8-9-19(18)20(22)11-21/h12-19H,2-11H2,1H3/t12-,13?,14-,15?,16+,17?,18-,19+/m0/s1. The minimum absolute atomic E-state index is 0.398. The molecule has 124 valence electrons. The molecule has 0 aromatic heterocycles. The minimum atomic E-state index is 0.398. The summed E-state index contributed by atoms with van der Waals surface area (Å²) in [6, 6.07) is 0. The van der Waals surface area contributed by atoms with Gasteiger partial charge in [0.25, 0.3) is 0 Å². The fourth-order valence-corrected chi connectivity index (χ4v) is 7.66. The molecule has 1 nitrogen and oxygen atoms in total. The van der Waals surface area contributed by atoms with Crippen LogP contribution >= 0.6 is 15.9 Å². The van der Waals surface area contributed by atoms with Gasteiger partial charge in [-0.05, 0) is 92.8 Å². The van der Waals surface area contributed by atoms with Gasteiger partial charge in [-0.1, -0.05) is 29.3 Å². The first-order chi connectivity index (χ1) is 10.7. The fourth-order valence-electron chi connectivity index (χ4n) is 7.24. The fraction of sp³-hybridized carbons (Fsp3) is 0.950. The van der Waals surface area contributed by atoms with Gasteiger partial charge in [0.15, 0.2) is 0 Å². The third kappa shape index (κ3) is 2.52. The van der Waals surface area contributed by atoms with Crippen molar-refractivity contribution in [2.75, 3.05) is 5.33 Å². The van der Waals surface area contributed by atoms with E-state index in [2.05, 4.69) is 22.9 Å². The van der Waals surface area contributed by atoms with E-state index < -0.39 is 0 Å². The van der Waals surface area contributed by atoms with Gasteiger partial charge in [-0.25, -0.2) is 0 Å². The van der Waals surface area contributed by atoms with E-state index in [4.69, 9.17) is 0 Å². The van der Waals surface area contributed by atoms with Gasteiger partial charge in [0, 0.05) is 5.92 Å². The highest BCUT2D eigenvalue weighted by Gasteiger charge is 2.52. The number of hydrogen-bond donors (Lipinski definition) is 0. The molecule has 0 N–H and O–H groups in total. The predicted octanol–water partition coefficient (Wildman–Crippen LogP) is 5.47. The van der Waals surface area contributed by atoms with Gasteiger partial charge in [-0.2, -0.15) is 0 Å². The molecule has 0 aromatic rings. The lowest BCUT2D eigenvalue weighted by Crippen LogP contribution is -2.45. The first-order valence-corrected chi connectivity index (χ1v) is 10.9. The van der Waals surface area contributed by atoms with Crippen LogP contribution in [-0.4, -0.2) is 11.1 Å². The summed E-state index contributed by atoms with van der Waals surface area (Å²) in [6.45, 7) is 2.46. The number of carbonyl (C=O) groups is 1. The molecular weight excluding hydrogens is 336 g/mol. The van der Waals surface area contributed by atoms with Gasteiger partial charge < -0.3 is 0 Å². The maximum atomic E-state index is 12.2. The van der Waals surface area contributed by atoms with Crippen LogP contribution in [0.25, 0.3) is 0 Å². The Morgan fingerprint density at radius 2 is 1.41 bits per heavy atom. The Morgan fingerprint density at radius 1 is 0.818 bits per heavy atom. The van der Waals surface area contributed by atoms with Crippen molar-refractivity contribution < 1.29 is 4.79 Å². The van der Waals surface area contributed by atoms with E-state index in [1.54, 1.807) is 0 Å². The topological polar surface area (TPSA) is 17.1 Å². The highest BCUT2D eigenvalue weighted by atomic mass is 79.9. The zero-order chi connectivity index (χ0) is 15.3. The summed E-state index contributed by atoms with van der Waals surface area (Å²) in [5.41, 5.74) is 0. The van der Waals surface area contributed by atoms with Crippen molar-refractivity contribution in [3.63, 3.8) is 0 Å². The molecule has 0 amide bonds. The number of Topliss-reactive ketones (excluding diaryl/α,β-unsaturated/α-hetero) is 1. The smallest absolute Gasteiger partial charge is 0.146 e. The van der Waals surface area contributed by atoms with E-state index in [9.17, 15) is 4.79 Å². The van der Waals surface area contributed by atoms with Crippen LogP contribution in [0.3, 0.4) is 0 Å². The van der Waals surface area contributed by atoms with Crippen LogP contribution in [0.4, 0.5) is 0 Å². The normalized spacial score (nSPS) is 50.8. The molecule has 4 rings (SSSR count). The van der Waals surface area contributed by atoms with E-state index in [0.29, 0.717) is 17.0 Å². The lowest BCUT2D eigenvalue weighted by molar-refractivity contribution is -0.122. The number of carbonyl (C=O) groups excluding carboxylic acids is 1. The number of fused-ring (bicyclic) bond motifs is 5. The second-order valence-electron chi connectivity index (χ2n) is 8.94. The molecule has 4 saturated carbocycles. The van der Waals surface area contributed by atoms with Crippen molar-refractivity contribution in [3.05, 3.63) is 0 Å². The van der Waals surface area contributed by atoms with Crippen LogP contribution in [0.5, 0.6) is 0 Å². The highest BCUT2D eigenvalue weighted by Crippen LogP contribution is 2.59. The van der Waals surface area contributed by atoms with E-state index in [0.717, 1.165) is 41.4 Å². The van der Waals surface area contributed by atoms with Crippen molar-refractivity contribution in [2.24, 2.45) is 47.3 Å². The van der Waals surface area contributed by atoms with Crippen molar-refractivity contribution >= 4 is 21.7 Å². The zero-order valence-electron chi connectivity index (χ0n) is 14.0. The Labute approximate surface area is 144 Å². The van der Waals surface area contributed by atoms with E-state index in [1.807, 2.05) is 0 Å². The molecular formula is C20H31BrO. The van der Waals surface area contributed by atoms with E-state index in [-0.39, 0.29) is 0 Å². The van der Waals surface area contributed by atoms with E-state index in [1.165, 1.54) is 57.8 Å². The Hall–Kier alpha value is 0.150. The van der Waals surface area contributed by atoms with Crippen molar-refractivity contribution in [1.82, 2.24) is 0 Å². The molecule has 0 spiro atoms. The average molecular weight is 367 g/mol. The summed E-state index contributed by atoms with van der Waals surface area (Å²) >= 11 is 3.41.